The summed E-state index contributed by atoms with van der Waals surface area (Å²) < 4.78 is 0. The van der Waals surface area contributed by atoms with Crippen molar-refractivity contribution < 1.29 is 14.4 Å². The number of rotatable bonds is 5. The minimum atomic E-state index is -0.649. The van der Waals surface area contributed by atoms with Crippen molar-refractivity contribution in [2.75, 3.05) is 38.5 Å². The average Bonchev–Trinajstić information content (AvgIpc) is 2.74. The van der Waals surface area contributed by atoms with E-state index in [1.807, 2.05) is 13.1 Å². The normalized spacial score (nSPS) is 15.4. The molecule has 152 valence electrons. The summed E-state index contributed by atoms with van der Waals surface area (Å²) in [7, 11) is 2.02. The molecule has 0 radical (unpaired) electrons. The summed E-state index contributed by atoms with van der Waals surface area (Å²) in [5.74, 6) is -0.798. The standard InChI is InChI=1S/C22H26N4O3/c1-16(22(29)26-14-12-25(2)13-15-26)23-21(28)18-10-6-7-11-19(18)24-20(27)17-8-4-3-5-9-17/h3-11,16H,12-15H2,1-2H3,(H,23,28)(H,24,27)/t16-/m0/s1. The van der Waals surface area contributed by atoms with Crippen molar-refractivity contribution in [2.45, 2.75) is 13.0 Å². The summed E-state index contributed by atoms with van der Waals surface area (Å²) in [6, 6.07) is 14.9. The van der Waals surface area contributed by atoms with Crippen LogP contribution in [0.25, 0.3) is 0 Å². The molecule has 0 aromatic heterocycles. The van der Waals surface area contributed by atoms with E-state index < -0.39 is 11.9 Å². The number of hydrogen-bond donors (Lipinski definition) is 2. The first-order valence-electron chi connectivity index (χ1n) is 9.69. The molecule has 7 heteroatoms. The molecule has 2 aromatic rings. The van der Waals surface area contributed by atoms with Crippen LogP contribution in [-0.2, 0) is 4.79 Å². The Hall–Kier alpha value is -3.19. The molecule has 0 bridgehead atoms. The van der Waals surface area contributed by atoms with Crippen LogP contribution in [0.2, 0.25) is 0 Å². The molecule has 7 nitrogen and oxygen atoms in total. The molecule has 2 N–H and O–H groups in total. The highest BCUT2D eigenvalue weighted by Gasteiger charge is 2.25. The van der Waals surface area contributed by atoms with Crippen molar-refractivity contribution in [2.24, 2.45) is 0 Å². The minimum Gasteiger partial charge on any atom is -0.340 e. The molecule has 0 saturated carbocycles. The largest absolute Gasteiger partial charge is 0.340 e. The molecule has 1 heterocycles. The van der Waals surface area contributed by atoms with Gasteiger partial charge in [-0.15, -0.1) is 0 Å². The van der Waals surface area contributed by atoms with Gasteiger partial charge < -0.3 is 20.4 Å². The van der Waals surface area contributed by atoms with E-state index in [1.165, 1.54) is 0 Å². The van der Waals surface area contributed by atoms with Crippen molar-refractivity contribution in [1.82, 2.24) is 15.1 Å². The first kappa shape index (κ1) is 20.5. The van der Waals surface area contributed by atoms with Gasteiger partial charge in [0.15, 0.2) is 0 Å². The lowest BCUT2D eigenvalue weighted by Gasteiger charge is -2.34. The smallest absolute Gasteiger partial charge is 0.255 e. The fourth-order valence-electron chi connectivity index (χ4n) is 3.21. The maximum absolute atomic E-state index is 12.8. The van der Waals surface area contributed by atoms with Gasteiger partial charge in [0.05, 0.1) is 11.3 Å². The molecule has 0 aliphatic carbocycles. The molecule has 1 saturated heterocycles. The zero-order valence-corrected chi connectivity index (χ0v) is 16.7. The Bertz CT molecular complexity index is 877. The first-order chi connectivity index (χ1) is 14.0. The molecule has 1 aliphatic heterocycles. The van der Waals surface area contributed by atoms with Crippen LogP contribution in [-0.4, -0.2) is 66.8 Å². The second-order valence-corrected chi connectivity index (χ2v) is 7.19. The van der Waals surface area contributed by atoms with E-state index in [1.54, 1.807) is 60.4 Å². The number of amides is 3. The van der Waals surface area contributed by atoms with Gasteiger partial charge in [-0.2, -0.15) is 0 Å². The van der Waals surface area contributed by atoms with Crippen molar-refractivity contribution in [3.05, 3.63) is 65.7 Å². The van der Waals surface area contributed by atoms with E-state index in [2.05, 4.69) is 15.5 Å². The highest BCUT2D eigenvalue weighted by Crippen LogP contribution is 2.17. The molecule has 3 rings (SSSR count). The number of carbonyl (C=O) groups is 3. The Balaban J connectivity index is 1.66. The van der Waals surface area contributed by atoms with E-state index in [0.29, 0.717) is 29.9 Å². The Morgan fingerprint density at radius 3 is 2.17 bits per heavy atom. The van der Waals surface area contributed by atoms with Crippen LogP contribution in [0.1, 0.15) is 27.6 Å². The third-order valence-electron chi connectivity index (χ3n) is 4.99. The Morgan fingerprint density at radius 1 is 0.862 bits per heavy atom. The van der Waals surface area contributed by atoms with Crippen molar-refractivity contribution in [1.29, 1.82) is 0 Å². The highest BCUT2D eigenvalue weighted by atomic mass is 16.2. The monoisotopic (exact) mass is 394 g/mol. The molecular formula is C22H26N4O3. The van der Waals surface area contributed by atoms with Gasteiger partial charge in [0.1, 0.15) is 6.04 Å². The van der Waals surface area contributed by atoms with Gasteiger partial charge in [-0.3, -0.25) is 14.4 Å². The van der Waals surface area contributed by atoms with Crippen molar-refractivity contribution in [3.8, 4) is 0 Å². The fourth-order valence-corrected chi connectivity index (χ4v) is 3.21. The van der Waals surface area contributed by atoms with Gasteiger partial charge in [0.2, 0.25) is 5.91 Å². The maximum Gasteiger partial charge on any atom is 0.255 e. The van der Waals surface area contributed by atoms with Crippen LogP contribution in [0.5, 0.6) is 0 Å². The Morgan fingerprint density at radius 2 is 1.48 bits per heavy atom. The number of nitrogens with zero attached hydrogens (tertiary/aromatic N) is 2. The number of likely N-dealkylation sites (N-methyl/N-ethyl adjacent to an activating group) is 1. The van der Waals surface area contributed by atoms with E-state index in [4.69, 9.17) is 0 Å². The number of para-hydroxylation sites is 1. The summed E-state index contributed by atoms with van der Waals surface area (Å²) in [6.45, 7) is 4.63. The van der Waals surface area contributed by atoms with Gasteiger partial charge in [0.25, 0.3) is 11.8 Å². The van der Waals surface area contributed by atoms with Crippen molar-refractivity contribution in [3.63, 3.8) is 0 Å². The minimum absolute atomic E-state index is 0.0998. The molecular weight excluding hydrogens is 368 g/mol. The molecule has 3 amide bonds. The lowest BCUT2D eigenvalue weighted by molar-refractivity contribution is -0.134. The average molecular weight is 394 g/mol. The molecule has 1 aliphatic rings. The van der Waals surface area contributed by atoms with Crippen LogP contribution in [0.3, 0.4) is 0 Å². The van der Waals surface area contributed by atoms with Crippen LogP contribution < -0.4 is 10.6 Å². The lowest BCUT2D eigenvalue weighted by atomic mass is 10.1. The predicted octanol–water partition coefficient (Wildman–Crippen LogP) is 1.83. The zero-order chi connectivity index (χ0) is 20.8. The van der Waals surface area contributed by atoms with Crippen LogP contribution >= 0.6 is 0 Å². The van der Waals surface area contributed by atoms with Gasteiger partial charge in [0, 0.05) is 31.7 Å². The van der Waals surface area contributed by atoms with Gasteiger partial charge >= 0.3 is 0 Å². The first-order valence-corrected chi connectivity index (χ1v) is 9.69. The van der Waals surface area contributed by atoms with Gasteiger partial charge in [-0.1, -0.05) is 30.3 Å². The number of hydrogen-bond acceptors (Lipinski definition) is 4. The maximum atomic E-state index is 12.8. The summed E-state index contributed by atoms with van der Waals surface area (Å²) in [5.41, 5.74) is 1.22. The Kier molecular flexibility index (Phi) is 6.61. The number of benzene rings is 2. The van der Waals surface area contributed by atoms with Crippen LogP contribution in [0.15, 0.2) is 54.6 Å². The quantitative estimate of drug-likeness (QED) is 0.811. The van der Waals surface area contributed by atoms with Gasteiger partial charge in [-0.05, 0) is 38.2 Å². The summed E-state index contributed by atoms with van der Waals surface area (Å²) in [5, 5.41) is 5.54. The van der Waals surface area contributed by atoms with E-state index >= 15 is 0 Å². The number of anilines is 1. The number of nitrogens with one attached hydrogen (secondary N) is 2. The molecule has 29 heavy (non-hydrogen) atoms. The van der Waals surface area contributed by atoms with Crippen LogP contribution in [0, 0.1) is 0 Å². The molecule has 1 atom stereocenters. The Labute approximate surface area is 170 Å². The summed E-state index contributed by atoms with van der Waals surface area (Å²) in [6.07, 6.45) is 0. The molecule has 0 spiro atoms. The predicted molar refractivity (Wildman–Crippen MR) is 112 cm³/mol. The highest BCUT2D eigenvalue weighted by molar-refractivity contribution is 6.09. The van der Waals surface area contributed by atoms with E-state index in [9.17, 15) is 14.4 Å². The fraction of sp³-hybridized carbons (Fsp3) is 0.318. The van der Waals surface area contributed by atoms with E-state index in [-0.39, 0.29) is 11.8 Å². The van der Waals surface area contributed by atoms with Gasteiger partial charge in [-0.25, -0.2) is 0 Å². The van der Waals surface area contributed by atoms with E-state index in [0.717, 1.165) is 13.1 Å². The second-order valence-electron chi connectivity index (χ2n) is 7.19. The number of carbonyl (C=O) groups excluding carboxylic acids is 3. The molecule has 2 aromatic carbocycles. The molecule has 1 fully saturated rings. The zero-order valence-electron chi connectivity index (χ0n) is 16.7. The number of piperazine rings is 1. The topological polar surface area (TPSA) is 81.8 Å². The lowest BCUT2D eigenvalue weighted by Crippen LogP contribution is -2.53. The summed E-state index contributed by atoms with van der Waals surface area (Å²) in [4.78, 5) is 41.8. The third kappa shape index (κ3) is 5.20. The van der Waals surface area contributed by atoms with Crippen molar-refractivity contribution >= 4 is 23.4 Å². The van der Waals surface area contributed by atoms with Crippen LogP contribution in [0.4, 0.5) is 5.69 Å². The third-order valence-corrected chi connectivity index (χ3v) is 4.99. The summed E-state index contributed by atoms with van der Waals surface area (Å²) >= 11 is 0. The molecule has 0 unspecified atom stereocenters. The SMILES string of the molecule is C[C@H](NC(=O)c1ccccc1NC(=O)c1ccccc1)C(=O)N1CCN(C)CC1. The second kappa shape index (κ2) is 9.34.